The van der Waals surface area contributed by atoms with Crippen molar-refractivity contribution in [3.63, 3.8) is 0 Å². The molecule has 2 aromatic carbocycles. The van der Waals surface area contributed by atoms with Gasteiger partial charge in [0, 0.05) is 10.5 Å². The Morgan fingerprint density at radius 2 is 1.74 bits per heavy atom. The van der Waals surface area contributed by atoms with E-state index in [9.17, 15) is 0 Å². The Bertz CT molecular complexity index is 543. The molecule has 2 N–H and O–H groups in total. The van der Waals surface area contributed by atoms with E-state index in [0.29, 0.717) is 0 Å². The molecule has 0 aliphatic rings. The molecule has 0 spiro atoms. The van der Waals surface area contributed by atoms with Crippen LogP contribution < -0.4 is 10.5 Å². The summed E-state index contributed by atoms with van der Waals surface area (Å²) < 4.78 is 7.96. The summed E-state index contributed by atoms with van der Waals surface area (Å²) in [6, 6.07) is 15.8. The van der Waals surface area contributed by atoms with Crippen molar-refractivity contribution in [1.82, 2.24) is 0 Å². The monoisotopic (exact) mass is 383 g/mol. The second-order valence-corrected chi connectivity index (χ2v) is 6.15. The van der Waals surface area contributed by atoms with E-state index in [-0.39, 0.29) is 12.1 Å². The van der Waals surface area contributed by atoms with Crippen LogP contribution in [0.3, 0.4) is 0 Å². The molecule has 0 heterocycles. The van der Waals surface area contributed by atoms with Crippen molar-refractivity contribution in [2.24, 2.45) is 5.73 Å². The number of ether oxygens (including phenoxy) is 1. The van der Waals surface area contributed by atoms with E-state index in [4.69, 9.17) is 10.5 Å². The molecule has 100 valence electrons. The van der Waals surface area contributed by atoms with Gasteiger partial charge < -0.3 is 10.5 Å². The molecule has 0 radical (unpaired) electrons. The summed E-state index contributed by atoms with van der Waals surface area (Å²) in [5.41, 5.74) is 7.12. The summed E-state index contributed by atoms with van der Waals surface area (Å²) in [7, 11) is 0. The van der Waals surface area contributed by atoms with Gasteiger partial charge in [0.05, 0.1) is 4.47 Å². The van der Waals surface area contributed by atoms with Crippen LogP contribution in [-0.4, -0.2) is 6.04 Å². The summed E-state index contributed by atoms with van der Waals surface area (Å²) in [5.74, 6) is 0.786. The first-order chi connectivity index (χ1) is 9.08. The zero-order chi connectivity index (χ0) is 13.8. The number of rotatable bonds is 4. The lowest BCUT2D eigenvalue weighted by atomic mass is 10.0. The van der Waals surface area contributed by atoms with E-state index < -0.39 is 0 Å². The van der Waals surface area contributed by atoms with Crippen LogP contribution in [0.2, 0.25) is 0 Å². The molecule has 2 atom stereocenters. The zero-order valence-electron chi connectivity index (χ0n) is 10.5. The molecular formula is C15H15Br2NO. The molecule has 0 fully saturated rings. The van der Waals surface area contributed by atoms with Gasteiger partial charge in [-0.2, -0.15) is 0 Å². The van der Waals surface area contributed by atoms with Crippen LogP contribution in [0.25, 0.3) is 0 Å². The van der Waals surface area contributed by atoms with Gasteiger partial charge in [-0.1, -0.05) is 46.3 Å². The highest BCUT2D eigenvalue weighted by Gasteiger charge is 2.19. The number of nitrogens with two attached hydrogens (primary N) is 1. The number of benzene rings is 2. The summed E-state index contributed by atoms with van der Waals surface area (Å²) in [6.07, 6.45) is -0.168. The molecule has 2 unspecified atom stereocenters. The van der Waals surface area contributed by atoms with Crippen LogP contribution >= 0.6 is 31.9 Å². The maximum absolute atomic E-state index is 6.06. The molecule has 0 saturated carbocycles. The van der Waals surface area contributed by atoms with Crippen LogP contribution in [0.1, 0.15) is 18.6 Å². The third-order valence-corrected chi connectivity index (χ3v) is 3.87. The Morgan fingerprint density at radius 1 is 1.05 bits per heavy atom. The van der Waals surface area contributed by atoms with Crippen molar-refractivity contribution < 1.29 is 4.74 Å². The Morgan fingerprint density at radius 3 is 2.32 bits per heavy atom. The second-order valence-electron chi connectivity index (χ2n) is 4.38. The molecule has 2 aromatic rings. The van der Waals surface area contributed by atoms with E-state index in [1.807, 2.05) is 55.5 Å². The first-order valence-corrected chi connectivity index (χ1v) is 7.59. The average Bonchev–Trinajstić information content (AvgIpc) is 2.38. The van der Waals surface area contributed by atoms with Gasteiger partial charge >= 0.3 is 0 Å². The molecular weight excluding hydrogens is 370 g/mol. The summed E-state index contributed by atoms with van der Waals surface area (Å²) in [5, 5.41) is 0. The van der Waals surface area contributed by atoms with E-state index in [1.165, 1.54) is 0 Å². The first kappa shape index (κ1) is 14.6. The lowest BCUT2D eigenvalue weighted by Crippen LogP contribution is -2.29. The normalized spacial score (nSPS) is 13.9. The molecule has 0 bridgehead atoms. The Labute approximate surface area is 130 Å². The fourth-order valence-corrected chi connectivity index (χ4v) is 2.97. The lowest BCUT2D eigenvalue weighted by Gasteiger charge is -2.23. The fraction of sp³-hybridized carbons (Fsp3) is 0.200. The molecule has 0 saturated heterocycles. The minimum atomic E-state index is -0.168. The van der Waals surface area contributed by atoms with Gasteiger partial charge in [0.1, 0.15) is 11.9 Å². The molecule has 0 aliphatic carbocycles. The van der Waals surface area contributed by atoms with Gasteiger partial charge in [-0.05, 0) is 46.6 Å². The van der Waals surface area contributed by atoms with E-state index in [1.54, 1.807) is 0 Å². The van der Waals surface area contributed by atoms with Gasteiger partial charge in [0.25, 0.3) is 0 Å². The maximum atomic E-state index is 6.06. The van der Waals surface area contributed by atoms with Gasteiger partial charge in [0.2, 0.25) is 0 Å². The van der Waals surface area contributed by atoms with Crippen LogP contribution in [0.15, 0.2) is 57.5 Å². The Hall–Kier alpha value is -0.840. The molecule has 0 aliphatic heterocycles. The lowest BCUT2D eigenvalue weighted by molar-refractivity contribution is 0.179. The largest absolute Gasteiger partial charge is 0.483 e. The fourth-order valence-electron chi connectivity index (χ4n) is 1.83. The Balaban J connectivity index is 2.27. The van der Waals surface area contributed by atoms with Crippen molar-refractivity contribution >= 4 is 31.9 Å². The third-order valence-electron chi connectivity index (χ3n) is 2.75. The number of hydrogen-bond acceptors (Lipinski definition) is 2. The molecule has 2 rings (SSSR count). The van der Waals surface area contributed by atoms with Gasteiger partial charge in [-0.15, -0.1) is 0 Å². The molecule has 19 heavy (non-hydrogen) atoms. The minimum absolute atomic E-state index is 0.0991. The number of hydrogen-bond donors (Lipinski definition) is 1. The van der Waals surface area contributed by atoms with Crippen molar-refractivity contribution in [1.29, 1.82) is 0 Å². The standard InChI is InChI=1S/C15H15Br2NO/c1-10(18)15(11-5-3-2-4-6-11)19-14-8-7-12(16)9-13(14)17/h2-10,15H,18H2,1H3. The summed E-state index contributed by atoms with van der Waals surface area (Å²) in [6.45, 7) is 1.95. The smallest absolute Gasteiger partial charge is 0.139 e. The maximum Gasteiger partial charge on any atom is 0.139 e. The van der Waals surface area contributed by atoms with Crippen molar-refractivity contribution in [3.05, 3.63) is 63.0 Å². The van der Waals surface area contributed by atoms with Crippen LogP contribution in [0.4, 0.5) is 0 Å². The van der Waals surface area contributed by atoms with E-state index in [0.717, 1.165) is 20.3 Å². The second kappa shape index (κ2) is 6.55. The topological polar surface area (TPSA) is 35.2 Å². The quantitative estimate of drug-likeness (QED) is 0.830. The minimum Gasteiger partial charge on any atom is -0.483 e. The van der Waals surface area contributed by atoms with Crippen molar-refractivity contribution in [2.45, 2.75) is 19.1 Å². The van der Waals surface area contributed by atoms with Crippen LogP contribution in [0.5, 0.6) is 5.75 Å². The molecule has 0 amide bonds. The predicted octanol–water partition coefficient (Wildman–Crippen LogP) is 4.68. The third kappa shape index (κ3) is 3.81. The van der Waals surface area contributed by atoms with Gasteiger partial charge in [-0.25, -0.2) is 0 Å². The SMILES string of the molecule is CC(N)C(Oc1ccc(Br)cc1Br)c1ccccc1. The highest BCUT2D eigenvalue weighted by molar-refractivity contribution is 9.11. The molecule has 2 nitrogen and oxygen atoms in total. The molecule has 4 heteroatoms. The summed E-state index contributed by atoms with van der Waals surface area (Å²) in [4.78, 5) is 0. The number of halogens is 2. The Kier molecular flexibility index (Phi) is 5.02. The van der Waals surface area contributed by atoms with Crippen LogP contribution in [-0.2, 0) is 0 Å². The highest BCUT2D eigenvalue weighted by Crippen LogP contribution is 2.32. The summed E-state index contributed by atoms with van der Waals surface area (Å²) >= 11 is 6.93. The zero-order valence-corrected chi connectivity index (χ0v) is 13.7. The van der Waals surface area contributed by atoms with Gasteiger partial charge in [-0.3, -0.25) is 0 Å². The van der Waals surface area contributed by atoms with Crippen molar-refractivity contribution in [2.75, 3.05) is 0 Å². The first-order valence-electron chi connectivity index (χ1n) is 6.00. The van der Waals surface area contributed by atoms with Gasteiger partial charge in [0.15, 0.2) is 0 Å². The van der Waals surface area contributed by atoms with E-state index >= 15 is 0 Å². The average molecular weight is 385 g/mol. The van der Waals surface area contributed by atoms with Crippen LogP contribution in [0, 0.1) is 0 Å². The molecule has 0 aromatic heterocycles. The highest BCUT2D eigenvalue weighted by atomic mass is 79.9. The predicted molar refractivity (Wildman–Crippen MR) is 85.3 cm³/mol. The van der Waals surface area contributed by atoms with E-state index in [2.05, 4.69) is 31.9 Å². The van der Waals surface area contributed by atoms with Crippen molar-refractivity contribution in [3.8, 4) is 5.75 Å².